The SMILES string of the molecule is O=C(NCc1ccccc1OC(=O)C(F)(F)C(F)(F)F)C(F)(F)C(F)(F)F. The van der Waals surface area contributed by atoms with Gasteiger partial charge in [-0.15, -0.1) is 0 Å². The zero-order chi connectivity index (χ0) is 21.3. The molecule has 14 heteroatoms. The molecule has 0 heterocycles. The summed E-state index contributed by atoms with van der Waals surface area (Å²) in [7, 11) is 0. The molecule has 0 fully saturated rings. The van der Waals surface area contributed by atoms with Crippen molar-refractivity contribution >= 4 is 11.9 Å². The standard InChI is InChI=1S/C13H7F10NO3/c14-10(15,12(18,19)20)8(25)24-5-6-3-1-2-4-7(6)27-9(26)11(16,17)13(21,22)23/h1-4H,5H2,(H,24,25). The number of hydrogen-bond acceptors (Lipinski definition) is 3. The van der Waals surface area contributed by atoms with E-state index in [1.165, 1.54) is 0 Å². The van der Waals surface area contributed by atoms with Crippen molar-refractivity contribution in [3.05, 3.63) is 29.8 Å². The summed E-state index contributed by atoms with van der Waals surface area (Å²) >= 11 is 0. The smallest absolute Gasteiger partial charge is 0.421 e. The minimum absolute atomic E-state index is 0.616. The predicted octanol–water partition coefficient (Wildman–Crippen LogP) is 3.60. The van der Waals surface area contributed by atoms with Gasteiger partial charge in [0.1, 0.15) is 5.75 Å². The molecule has 0 unspecified atom stereocenters. The Kier molecular flexibility index (Phi) is 6.02. The van der Waals surface area contributed by atoms with Crippen molar-refractivity contribution in [2.75, 3.05) is 0 Å². The Labute approximate surface area is 143 Å². The third kappa shape index (κ3) is 4.80. The van der Waals surface area contributed by atoms with Crippen LogP contribution in [0.2, 0.25) is 0 Å². The van der Waals surface area contributed by atoms with Crippen molar-refractivity contribution in [3.8, 4) is 5.75 Å². The Morgan fingerprint density at radius 1 is 0.815 bits per heavy atom. The first-order valence-electron chi connectivity index (χ1n) is 6.49. The quantitative estimate of drug-likeness (QED) is 0.454. The molecule has 0 saturated heterocycles. The summed E-state index contributed by atoms with van der Waals surface area (Å²) in [5, 5.41) is 1.12. The van der Waals surface area contributed by atoms with E-state index in [1.807, 2.05) is 0 Å². The van der Waals surface area contributed by atoms with Gasteiger partial charge in [-0.3, -0.25) is 4.79 Å². The van der Waals surface area contributed by atoms with Crippen LogP contribution in [0.3, 0.4) is 0 Å². The third-order valence-electron chi connectivity index (χ3n) is 2.87. The van der Waals surface area contributed by atoms with Crippen molar-refractivity contribution in [1.29, 1.82) is 0 Å². The fourth-order valence-electron chi connectivity index (χ4n) is 1.44. The second-order valence-corrected chi connectivity index (χ2v) is 4.82. The topological polar surface area (TPSA) is 55.4 Å². The molecule has 1 aromatic carbocycles. The Morgan fingerprint density at radius 2 is 1.30 bits per heavy atom. The van der Waals surface area contributed by atoms with Crippen LogP contribution in [-0.4, -0.2) is 36.1 Å². The molecule has 27 heavy (non-hydrogen) atoms. The van der Waals surface area contributed by atoms with E-state index in [1.54, 1.807) is 0 Å². The summed E-state index contributed by atoms with van der Waals surface area (Å²) in [6.45, 7) is -1.19. The zero-order valence-electron chi connectivity index (χ0n) is 12.5. The van der Waals surface area contributed by atoms with Gasteiger partial charge >= 0.3 is 36.1 Å². The highest BCUT2D eigenvalue weighted by atomic mass is 19.4. The summed E-state index contributed by atoms with van der Waals surface area (Å²) in [6, 6.07) is 3.51. The van der Waals surface area contributed by atoms with Gasteiger partial charge in [0.15, 0.2) is 0 Å². The number of benzene rings is 1. The monoisotopic (exact) mass is 415 g/mol. The lowest BCUT2D eigenvalue weighted by Crippen LogP contribution is -2.50. The number of esters is 1. The number of rotatable bonds is 5. The molecule has 0 bridgehead atoms. The minimum atomic E-state index is -6.29. The first kappa shape index (κ1) is 22.5. The molecule has 0 aromatic heterocycles. The van der Waals surface area contributed by atoms with Crippen LogP contribution in [-0.2, 0) is 16.1 Å². The van der Waals surface area contributed by atoms with Crippen molar-refractivity contribution in [1.82, 2.24) is 5.32 Å². The second-order valence-electron chi connectivity index (χ2n) is 4.82. The third-order valence-corrected chi connectivity index (χ3v) is 2.87. The van der Waals surface area contributed by atoms with Crippen molar-refractivity contribution in [2.24, 2.45) is 0 Å². The van der Waals surface area contributed by atoms with E-state index in [9.17, 15) is 53.5 Å². The second kappa shape index (κ2) is 7.23. The number of carbonyl (C=O) groups is 2. The molecule has 0 aliphatic rings. The molecule has 4 nitrogen and oxygen atoms in total. The van der Waals surface area contributed by atoms with Gasteiger partial charge in [-0.1, -0.05) is 18.2 Å². The maximum atomic E-state index is 12.8. The summed E-state index contributed by atoms with van der Waals surface area (Å²) in [6.07, 6.45) is -12.5. The normalized spacial score (nSPS) is 13.3. The van der Waals surface area contributed by atoms with Crippen LogP contribution in [0.15, 0.2) is 24.3 Å². The van der Waals surface area contributed by atoms with Gasteiger partial charge in [0, 0.05) is 12.1 Å². The average molecular weight is 415 g/mol. The highest BCUT2D eigenvalue weighted by molar-refractivity contribution is 5.84. The van der Waals surface area contributed by atoms with Gasteiger partial charge in [-0.05, 0) is 6.07 Å². The minimum Gasteiger partial charge on any atom is -0.421 e. The lowest BCUT2D eigenvalue weighted by atomic mass is 10.2. The number of ether oxygens (including phenoxy) is 1. The summed E-state index contributed by atoms with van der Waals surface area (Å²) in [5.74, 6) is -18.6. The molecule has 0 radical (unpaired) electrons. The zero-order valence-corrected chi connectivity index (χ0v) is 12.5. The van der Waals surface area contributed by atoms with Crippen LogP contribution in [0.5, 0.6) is 5.75 Å². The lowest BCUT2D eigenvalue weighted by molar-refractivity contribution is -0.276. The van der Waals surface area contributed by atoms with E-state index < -0.39 is 53.9 Å². The molecule has 0 aliphatic carbocycles. The van der Waals surface area contributed by atoms with Crippen molar-refractivity contribution in [3.63, 3.8) is 0 Å². The number of amides is 1. The van der Waals surface area contributed by atoms with E-state index in [4.69, 9.17) is 0 Å². The fraction of sp³-hybridized carbons (Fsp3) is 0.385. The molecular weight excluding hydrogens is 408 g/mol. The molecule has 0 aliphatic heterocycles. The van der Waals surface area contributed by atoms with Gasteiger partial charge in [0.2, 0.25) is 0 Å². The predicted molar refractivity (Wildman–Crippen MR) is 65.9 cm³/mol. The van der Waals surface area contributed by atoms with E-state index in [-0.39, 0.29) is 0 Å². The Balaban J connectivity index is 2.96. The maximum Gasteiger partial charge on any atom is 0.465 e. The largest absolute Gasteiger partial charge is 0.465 e. The number of hydrogen-bond donors (Lipinski definition) is 1. The number of carbonyl (C=O) groups excluding carboxylic acids is 2. The Bertz CT molecular complexity index is 711. The molecule has 1 rings (SSSR count). The molecule has 152 valence electrons. The molecule has 0 saturated carbocycles. The van der Waals surface area contributed by atoms with Crippen LogP contribution in [0.25, 0.3) is 0 Å². The summed E-state index contributed by atoms with van der Waals surface area (Å²) < 4.78 is 127. The first-order chi connectivity index (χ1) is 12.0. The number of alkyl halides is 10. The van der Waals surface area contributed by atoms with E-state index in [0.717, 1.165) is 23.5 Å². The highest BCUT2D eigenvalue weighted by Crippen LogP contribution is 2.37. The van der Waals surface area contributed by atoms with Crippen LogP contribution >= 0.6 is 0 Å². The van der Waals surface area contributed by atoms with Gasteiger partial charge in [-0.2, -0.15) is 43.9 Å². The van der Waals surface area contributed by atoms with Crippen LogP contribution in [0.1, 0.15) is 5.56 Å². The van der Waals surface area contributed by atoms with Gasteiger partial charge in [-0.25, -0.2) is 4.79 Å². The molecule has 1 N–H and O–H groups in total. The van der Waals surface area contributed by atoms with E-state index in [2.05, 4.69) is 4.74 Å². The van der Waals surface area contributed by atoms with Crippen molar-refractivity contribution in [2.45, 2.75) is 30.7 Å². The lowest BCUT2D eigenvalue weighted by Gasteiger charge is -2.20. The molecule has 0 spiro atoms. The highest BCUT2D eigenvalue weighted by Gasteiger charge is 2.65. The summed E-state index contributed by atoms with van der Waals surface area (Å²) in [5.41, 5.74) is -0.616. The Hall–Kier alpha value is -2.54. The van der Waals surface area contributed by atoms with Crippen LogP contribution in [0, 0.1) is 0 Å². The molecule has 1 aromatic rings. The number of halogens is 10. The van der Waals surface area contributed by atoms with Crippen LogP contribution < -0.4 is 10.1 Å². The summed E-state index contributed by atoms with van der Waals surface area (Å²) in [4.78, 5) is 22.0. The van der Waals surface area contributed by atoms with Crippen LogP contribution in [0.4, 0.5) is 43.9 Å². The Morgan fingerprint density at radius 3 is 1.78 bits per heavy atom. The average Bonchev–Trinajstić information content (AvgIpc) is 2.51. The molecule has 1 amide bonds. The van der Waals surface area contributed by atoms with E-state index >= 15 is 0 Å². The van der Waals surface area contributed by atoms with Crippen molar-refractivity contribution < 1.29 is 58.2 Å². The van der Waals surface area contributed by atoms with E-state index in [0.29, 0.717) is 6.07 Å². The number of para-hydroxylation sites is 1. The van der Waals surface area contributed by atoms with Gasteiger partial charge in [0.25, 0.3) is 0 Å². The number of nitrogens with one attached hydrogen (secondary N) is 1. The fourth-order valence-corrected chi connectivity index (χ4v) is 1.44. The molecular formula is C13H7F10NO3. The van der Waals surface area contributed by atoms with Gasteiger partial charge in [0.05, 0.1) is 0 Å². The molecule has 0 atom stereocenters. The first-order valence-corrected chi connectivity index (χ1v) is 6.49. The van der Waals surface area contributed by atoms with Gasteiger partial charge < -0.3 is 10.1 Å². The maximum absolute atomic E-state index is 12.8.